The Balaban J connectivity index is 3.22. The van der Waals surface area contributed by atoms with Crippen molar-refractivity contribution in [2.45, 2.75) is 20.8 Å². The van der Waals surface area contributed by atoms with Crippen molar-refractivity contribution >= 4 is 17.6 Å². The number of aromatic carboxylic acids is 1. The lowest BCUT2D eigenvalue weighted by Gasteiger charge is -2.18. The number of anilines is 1. The summed E-state index contributed by atoms with van der Waals surface area (Å²) in [5.74, 6) is -4.90. The topological polar surface area (TPSA) is 66.4 Å². The molecule has 0 saturated carbocycles. The number of hydrogen-bond donors (Lipinski definition) is 2. The Labute approximate surface area is 103 Å². The van der Waals surface area contributed by atoms with Gasteiger partial charge in [-0.3, -0.25) is 4.79 Å². The predicted molar refractivity (Wildman–Crippen MR) is 61.4 cm³/mol. The molecule has 1 aromatic carbocycles. The van der Waals surface area contributed by atoms with Crippen LogP contribution in [-0.4, -0.2) is 17.0 Å². The third-order valence-corrected chi connectivity index (χ3v) is 2.24. The lowest BCUT2D eigenvalue weighted by Crippen LogP contribution is -2.28. The van der Waals surface area contributed by atoms with Crippen molar-refractivity contribution in [1.29, 1.82) is 0 Å². The van der Waals surface area contributed by atoms with Crippen molar-refractivity contribution in [2.24, 2.45) is 5.41 Å². The molecule has 0 radical (unpaired) electrons. The van der Waals surface area contributed by atoms with E-state index in [1.807, 2.05) is 0 Å². The molecular formula is C12H13F2NO3. The van der Waals surface area contributed by atoms with Gasteiger partial charge < -0.3 is 10.4 Å². The number of benzene rings is 1. The first-order chi connectivity index (χ1) is 8.14. The average molecular weight is 257 g/mol. The lowest BCUT2D eigenvalue weighted by molar-refractivity contribution is -0.123. The Morgan fingerprint density at radius 1 is 1.22 bits per heavy atom. The fraction of sp³-hybridized carbons (Fsp3) is 0.333. The Morgan fingerprint density at radius 3 is 2.22 bits per heavy atom. The lowest BCUT2D eigenvalue weighted by atomic mass is 9.95. The molecule has 0 fully saturated rings. The zero-order chi connectivity index (χ0) is 14.1. The van der Waals surface area contributed by atoms with Crippen molar-refractivity contribution in [3.05, 3.63) is 29.3 Å². The second kappa shape index (κ2) is 4.72. The molecule has 18 heavy (non-hydrogen) atoms. The minimum atomic E-state index is -1.64. The molecule has 0 aromatic heterocycles. The molecule has 98 valence electrons. The molecule has 2 N–H and O–H groups in total. The van der Waals surface area contributed by atoms with Gasteiger partial charge in [-0.25, -0.2) is 13.6 Å². The smallest absolute Gasteiger partial charge is 0.340 e. The average Bonchev–Trinajstić information content (AvgIpc) is 2.21. The largest absolute Gasteiger partial charge is 0.478 e. The van der Waals surface area contributed by atoms with E-state index in [0.29, 0.717) is 0 Å². The van der Waals surface area contributed by atoms with Gasteiger partial charge in [-0.1, -0.05) is 20.8 Å². The van der Waals surface area contributed by atoms with E-state index in [-0.39, 0.29) is 5.69 Å². The van der Waals surface area contributed by atoms with E-state index in [0.717, 1.165) is 12.1 Å². The van der Waals surface area contributed by atoms with Crippen LogP contribution in [0.1, 0.15) is 31.1 Å². The predicted octanol–water partition coefficient (Wildman–Crippen LogP) is 2.65. The van der Waals surface area contributed by atoms with Gasteiger partial charge in [0, 0.05) is 5.41 Å². The maximum absolute atomic E-state index is 13.4. The quantitative estimate of drug-likeness (QED) is 0.855. The number of carboxylic acids is 1. The highest BCUT2D eigenvalue weighted by Gasteiger charge is 2.25. The summed E-state index contributed by atoms with van der Waals surface area (Å²) < 4.78 is 26.3. The van der Waals surface area contributed by atoms with Gasteiger partial charge in [-0.05, 0) is 12.1 Å². The maximum atomic E-state index is 13.4. The van der Waals surface area contributed by atoms with Crippen LogP contribution in [-0.2, 0) is 4.79 Å². The van der Waals surface area contributed by atoms with Crippen LogP contribution in [0.3, 0.4) is 0 Å². The van der Waals surface area contributed by atoms with Crippen LogP contribution in [0.4, 0.5) is 14.5 Å². The second-order valence-electron chi connectivity index (χ2n) is 4.79. The fourth-order valence-electron chi connectivity index (χ4n) is 1.17. The molecule has 0 aliphatic heterocycles. The number of carbonyl (C=O) groups is 2. The highest BCUT2D eigenvalue weighted by molar-refractivity contribution is 6.02. The zero-order valence-electron chi connectivity index (χ0n) is 10.2. The molecule has 0 unspecified atom stereocenters. The summed E-state index contributed by atoms with van der Waals surface area (Å²) in [6, 6.07) is 1.78. The van der Waals surface area contributed by atoms with E-state index in [2.05, 4.69) is 5.32 Å². The van der Waals surface area contributed by atoms with Crippen molar-refractivity contribution in [3.8, 4) is 0 Å². The van der Waals surface area contributed by atoms with E-state index in [1.54, 1.807) is 20.8 Å². The molecule has 0 atom stereocenters. The SMILES string of the molecule is CC(C)(C)C(=O)Nc1ccc(F)c(F)c1C(=O)O. The number of amides is 1. The minimum absolute atomic E-state index is 0.263. The Hall–Kier alpha value is -1.98. The van der Waals surface area contributed by atoms with Crippen LogP contribution >= 0.6 is 0 Å². The number of rotatable bonds is 2. The molecule has 1 amide bonds. The van der Waals surface area contributed by atoms with Crippen LogP contribution in [0.15, 0.2) is 12.1 Å². The summed E-state index contributed by atoms with van der Waals surface area (Å²) in [6.45, 7) is 4.84. The number of hydrogen-bond acceptors (Lipinski definition) is 2. The van der Waals surface area contributed by atoms with Crippen LogP contribution in [0.5, 0.6) is 0 Å². The second-order valence-corrected chi connectivity index (χ2v) is 4.79. The van der Waals surface area contributed by atoms with Gasteiger partial charge in [0.2, 0.25) is 5.91 Å². The number of carboxylic acid groups (broad SMARTS) is 1. The van der Waals surface area contributed by atoms with E-state index in [1.165, 1.54) is 0 Å². The van der Waals surface area contributed by atoms with Gasteiger partial charge in [0.1, 0.15) is 5.56 Å². The summed E-state index contributed by atoms with van der Waals surface area (Å²) in [6.07, 6.45) is 0. The van der Waals surface area contributed by atoms with Gasteiger partial charge >= 0.3 is 5.97 Å². The van der Waals surface area contributed by atoms with Crippen molar-refractivity contribution in [3.63, 3.8) is 0 Å². The minimum Gasteiger partial charge on any atom is -0.478 e. The third kappa shape index (κ3) is 2.82. The Bertz CT molecular complexity index is 507. The normalized spacial score (nSPS) is 11.2. The van der Waals surface area contributed by atoms with Crippen LogP contribution in [0, 0.1) is 17.0 Å². The first kappa shape index (κ1) is 14.1. The molecule has 6 heteroatoms. The summed E-state index contributed by atoms with van der Waals surface area (Å²) in [4.78, 5) is 22.6. The van der Waals surface area contributed by atoms with Crippen LogP contribution in [0.25, 0.3) is 0 Å². The van der Waals surface area contributed by atoms with Gasteiger partial charge in [0.05, 0.1) is 5.69 Å². The van der Waals surface area contributed by atoms with Gasteiger partial charge in [-0.2, -0.15) is 0 Å². The van der Waals surface area contributed by atoms with Crippen molar-refractivity contribution in [2.75, 3.05) is 5.32 Å². The van der Waals surface area contributed by atoms with E-state index >= 15 is 0 Å². The molecule has 1 aromatic rings. The zero-order valence-corrected chi connectivity index (χ0v) is 10.2. The monoisotopic (exact) mass is 257 g/mol. The standard InChI is InChI=1S/C12H13F2NO3/c1-12(2,3)11(18)15-7-5-4-6(13)9(14)8(7)10(16)17/h4-5H,1-3H3,(H,15,18)(H,16,17). The van der Waals surface area contributed by atoms with Gasteiger partial charge in [0.15, 0.2) is 11.6 Å². The molecule has 1 rings (SSSR count). The molecule has 0 aliphatic carbocycles. The third-order valence-electron chi connectivity index (χ3n) is 2.24. The molecule has 0 saturated heterocycles. The van der Waals surface area contributed by atoms with E-state index < -0.39 is 34.5 Å². The molecule has 0 spiro atoms. The highest BCUT2D eigenvalue weighted by atomic mass is 19.2. The molecule has 0 heterocycles. The fourth-order valence-corrected chi connectivity index (χ4v) is 1.17. The molecule has 4 nitrogen and oxygen atoms in total. The number of nitrogens with one attached hydrogen (secondary N) is 1. The number of carbonyl (C=O) groups excluding carboxylic acids is 1. The first-order valence-electron chi connectivity index (χ1n) is 5.17. The molecule has 0 bridgehead atoms. The van der Waals surface area contributed by atoms with Crippen molar-refractivity contribution < 1.29 is 23.5 Å². The highest BCUT2D eigenvalue weighted by Crippen LogP contribution is 2.24. The summed E-state index contributed by atoms with van der Waals surface area (Å²) in [5.41, 5.74) is -1.92. The van der Waals surface area contributed by atoms with Gasteiger partial charge in [-0.15, -0.1) is 0 Å². The maximum Gasteiger partial charge on any atom is 0.340 e. The summed E-state index contributed by atoms with van der Waals surface area (Å²) >= 11 is 0. The van der Waals surface area contributed by atoms with E-state index in [9.17, 15) is 18.4 Å². The Morgan fingerprint density at radius 2 is 1.78 bits per heavy atom. The van der Waals surface area contributed by atoms with E-state index in [4.69, 9.17) is 5.11 Å². The van der Waals surface area contributed by atoms with Crippen LogP contribution < -0.4 is 5.32 Å². The van der Waals surface area contributed by atoms with Crippen LogP contribution in [0.2, 0.25) is 0 Å². The Kier molecular flexibility index (Phi) is 3.69. The van der Waals surface area contributed by atoms with Crippen molar-refractivity contribution in [1.82, 2.24) is 0 Å². The molecule has 0 aliphatic rings. The molecular weight excluding hydrogens is 244 g/mol. The van der Waals surface area contributed by atoms with Gasteiger partial charge in [0.25, 0.3) is 0 Å². The number of halogens is 2. The first-order valence-corrected chi connectivity index (χ1v) is 5.17. The summed E-state index contributed by atoms with van der Waals surface area (Å²) in [5, 5.41) is 11.1. The summed E-state index contributed by atoms with van der Waals surface area (Å²) in [7, 11) is 0.